The number of benzene rings is 1. The average Bonchev–Trinajstić information content (AvgIpc) is 2.02. The van der Waals surface area contributed by atoms with Crippen LogP contribution in [0.15, 0.2) is 24.3 Å². The Balaban J connectivity index is 2.28. The van der Waals surface area contributed by atoms with E-state index in [0.717, 1.165) is 17.1 Å². The van der Waals surface area contributed by atoms with Gasteiger partial charge in [0.25, 0.3) is 0 Å². The molecule has 12 heavy (non-hydrogen) atoms. The minimum atomic E-state index is -0.529. The van der Waals surface area contributed by atoms with E-state index in [1.807, 2.05) is 12.1 Å². The van der Waals surface area contributed by atoms with Crippen molar-refractivity contribution in [2.75, 3.05) is 11.5 Å². The molecule has 0 amide bonds. The van der Waals surface area contributed by atoms with Crippen LogP contribution in [0.3, 0.4) is 0 Å². The average molecular weight is 180 g/mol. The Bertz CT molecular complexity index is 274. The van der Waals surface area contributed by atoms with Crippen molar-refractivity contribution in [3.8, 4) is 0 Å². The molecule has 0 aliphatic carbocycles. The fourth-order valence-electron chi connectivity index (χ4n) is 1.33. The van der Waals surface area contributed by atoms with Crippen molar-refractivity contribution >= 4 is 11.8 Å². The summed E-state index contributed by atoms with van der Waals surface area (Å²) in [5.41, 5.74) is 1.78. The van der Waals surface area contributed by atoms with Crippen LogP contribution < -0.4 is 0 Å². The van der Waals surface area contributed by atoms with Crippen molar-refractivity contribution in [1.82, 2.24) is 0 Å². The van der Waals surface area contributed by atoms with Gasteiger partial charge in [-0.15, -0.1) is 0 Å². The van der Waals surface area contributed by atoms with Crippen molar-refractivity contribution in [1.29, 1.82) is 0 Å². The zero-order valence-corrected chi connectivity index (χ0v) is 7.90. The number of rotatable bonds is 1. The third-order valence-electron chi connectivity index (χ3n) is 2.27. The highest BCUT2D eigenvalue weighted by molar-refractivity contribution is 8.00. The molecule has 1 aliphatic rings. The first-order chi connectivity index (χ1) is 5.71. The van der Waals surface area contributed by atoms with Gasteiger partial charge in [-0.3, -0.25) is 0 Å². The maximum Gasteiger partial charge on any atom is 0.108 e. The molecule has 2 heteroatoms. The van der Waals surface area contributed by atoms with Gasteiger partial charge in [0.15, 0.2) is 0 Å². The summed E-state index contributed by atoms with van der Waals surface area (Å²) in [5, 5.41) is 9.95. The lowest BCUT2D eigenvalue weighted by atomic mass is 9.96. The summed E-state index contributed by atoms with van der Waals surface area (Å²) in [6.07, 6.45) is 0. The van der Waals surface area contributed by atoms with Crippen LogP contribution in [0.1, 0.15) is 11.1 Å². The van der Waals surface area contributed by atoms with E-state index in [1.54, 1.807) is 11.8 Å². The number of aliphatic hydroxyl groups is 1. The number of hydrogen-bond donors (Lipinski definition) is 1. The summed E-state index contributed by atoms with van der Waals surface area (Å²) in [6, 6.07) is 8.15. The summed E-state index contributed by atoms with van der Waals surface area (Å²) in [6.45, 7) is 2.06. The van der Waals surface area contributed by atoms with Crippen molar-refractivity contribution in [3.63, 3.8) is 0 Å². The molecule has 1 heterocycles. The van der Waals surface area contributed by atoms with Gasteiger partial charge in [-0.2, -0.15) is 11.8 Å². The van der Waals surface area contributed by atoms with E-state index in [0.29, 0.717) is 0 Å². The summed E-state index contributed by atoms with van der Waals surface area (Å²) in [7, 11) is 0. The molecule has 0 bridgehead atoms. The number of hydrogen-bond acceptors (Lipinski definition) is 2. The molecule has 2 rings (SSSR count). The van der Waals surface area contributed by atoms with Gasteiger partial charge in [-0.1, -0.05) is 29.8 Å². The molecule has 64 valence electrons. The first-order valence-electron chi connectivity index (χ1n) is 4.08. The Morgan fingerprint density at radius 2 is 1.83 bits per heavy atom. The Kier molecular flexibility index (Phi) is 1.89. The molecular formula is C10H12OS. The molecule has 1 nitrogen and oxygen atoms in total. The Labute approximate surface area is 76.8 Å². The molecule has 0 aromatic heterocycles. The number of thioether (sulfide) groups is 1. The van der Waals surface area contributed by atoms with Gasteiger partial charge in [0.2, 0.25) is 0 Å². The van der Waals surface area contributed by atoms with Crippen molar-refractivity contribution in [2.24, 2.45) is 0 Å². The SMILES string of the molecule is Cc1ccc(C2(O)CSC2)cc1. The molecular weight excluding hydrogens is 168 g/mol. The van der Waals surface area contributed by atoms with Crippen LogP contribution in [0.2, 0.25) is 0 Å². The zero-order valence-electron chi connectivity index (χ0n) is 7.08. The van der Waals surface area contributed by atoms with Crippen molar-refractivity contribution in [2.45, 2.75) is 12.5 Å². The highest BCUT2D eigenvalue weighted by atomic mass is 32.2. The standard InChI is InChI=1S/C10H12OS/c1-8-2-4-9(5-3-8)10(11)6-12-7-10/h2-5,11H,6-7H2,1H3. The van der Waals surface area contributed by atoms with Crippen LogP contribution in [-0.4, -0.2) is 16.6 Å². The maximum absolute atomic E-state index is 9.95. The van der Waals surface area contributed by atoms with Crippen LogP contribution in [-0.2, 0) is 5.60 Å². The quantitative estimate of drug-likeness (QED) is 0.712. The Hall–Kier alpha value is -0.470. The lowest BCUT2D eigenvalue weighted by Gasteiger charge is -2.36. The van der Waals surface area contributed by atoms with E-state index >= 15 is 0 Å². The molecule has 1 aromatic carbocycles. The molecule has 0 atom stereocenters. The van der Waals surface area contributed by atoms with E-state index in [1.165, 1.54) is 5.56 Å². The minimum Gasteiger partial charge on any atom is -0.383 e. The third kappa shape index (κ3) is 1.25. The zero-order chi connectivity index (χ0) is 8.60. The molecule has 0 radical (unpaired) electrons. The van der Waals surface area contributed by atoms with Gasteiger partial charge in [-0.05, 0) is 12.5 Å². The fourth-order valence-corrected chi connectivity index (χ4v) is 2.25. The molecule has 1 saturated heterocycles. The van der Waals surface area contributed by atoms with Crippen LogP contribution in [0, 0.1) is 6.92 Å². The van der Waals surface area contributed by atoms with Crippen molar-refractivity contribution in [3.05, 3.63) is 35.4 Å². The minimum absolute atomic E-state index is 0.529. The Morgan fingerprint density at radius 1 is 1.25 bits per heavy atom. The van der Waals surface area contributed by atoms with Crippen molar-refractivity contribution < 1.29 is 5.11 Å². The molecule has 0 saturated carbocycles. The summed E-state index contributed by atoms with van der Waals surface area (Å²) < 4.78 is 0. The predicted octanol–water partition coefficient (Wildman–Crippen LogP) is 1.93. The molecule has 1 fully saturated rings. The predicted molar refractivity (Wildman–Crippen MR) is 52.4 cm³/mol. The molecule has 0 spiro atoms. The fraction of sp³-hybridized carbons (Fsp3) is 0.400. The first-order valence-corrected chi connectivity index (χ1v) is 5.23. The van der Waals surface area contributed by atoms with Gasteiger partial charge in [0, 0.05) is 11.5 Å². The highest BCUT2D eigenvalue weighted by Gasteiger charge is 2.36. The summed E-state index contributed by atoms with van der Waals surface area (Å²) >= 11 is 1.79. The first kappa shape index (κ1) is 8.14. The van der Waals surface area contributed by atoms with Gasteiger partial charge in [-0.25, -0.2) is 0 Å². The van der Waals surface area contributed by atoms with Gasteiger partial charge in [0.1, 0.15) is 5.60 Å². The van der Waals surface area contributed by atoms with E-state index in [4.69, 9.17) is 0 Å². The monoisotopic (exact) mass is 180 g/mol. The van der Waals surface area contributed by atoms with Crippen LogP contribution >= 0.6 is 11.8 Å². The molecule has 1 aliphatic heterocycles. The number of aryl methyl sites for hydroxylation is 1. The van der Waals surface area contributed by atoms with Crippen LogP contribution in [0.5, 0.6) is 0 Å². The van der Waals surface area contributed by atoms with E-state index in [2.05, 4.69) is 19.1 Å². The van der Waals surface area contributed by atoms with Crippen LogP contribution in [0.25, 0.3) is 0 Å². The smallest absolute Gasteiger partial charge is 0.108 e. The summed E-state index contributed by atoms with van der Waals surface area (Å²) in [4.78, 5) is 0. The maximum atomic E-state index is 9.95. The van der Waals surface area contributed by atoms with E-state index in [-0.39, 0.29) is 0 Å². The largest absolute Gasteiger partial charge is 0.383 e. The molecule has 1 N–H and O–H groups in total. The normalized spacial score (nSPS) is 20.2. The second kappa shape index (κ2) is 2.79. The second-order valence-corrected chi connectivity index (χ2v) is 4.38. The van der Waals surface area contributed by atoms with Gasteiger partial charge >= 0.3 is 0 Å². The topological polar surface area (TPSA) is 20.2 Å². The van der Waals surface area contributed by atoms with Gasteiger partial charge < -0.3 is 5.11 Å². The van der Waals surface area contributed by atoms with Gasteiger partial charge in [0.05, 0.1) is 0 Å². The Morgan fingerprint density at radius 3 is 2.25 bits per heavy atom. The molecule has 0 unspecified atom stereocenters. The highest BCUT2D eigenvalue weighted by Crippen LogP contribution is 2.38. The third-order valence-corrected chi connectivity index (χ3v) is 3.63. The lowest BCUT2D eigenvalue weighted by molar-refractivity contribution is 0.0769. The van der Waals surface area contributed by atoms with E-state index in [9.17, 15) is 5.11 Å². The second-order valence-electron chi connectivity index (χ2n) is 3.39. The lowest BCUT2D eigenvalue weighted by Crippen LogP contribution is -2.39. The molecule has 1 aromatic rings. The van der Waals surface area contributed by atoms with Crippen LogP contribution in [0.4, 0.5) is 0 Å². The van der Waals surface area contributed by atoms with E-state index < -0.39 is 5.60 Å². The summed E-state index contributed by atoms with van der Waals surface area (Å²) in [5.74, 6) is 1.69.